The van der Waals surface area contributed by atoms with Gasteiger partial charge >= 0.3 is 0 Å². The summed E-state index contributed by atoms with van der Waals surface area (Å²) in [6, 6.07) is 6.45. The molecule has 0 spiro atoms. The maximum Gasteiger partial charge on any atom is 0.0733 e. The van der Waals surface area contributed by atoms with Crippen LogP contribution in [0.2, 0.25) is 0 Å². The summed E-state index contributed by atoms with van der Waals surface area (Å²) in [5.74, 6) is 0.736. The average Bonchev–Trinajstić information content (AvgIpc) is 2.18. The Morgan fingerprint density at radius 2 is 2.36 bits per heavy atom. The molecule has 1 N–H and O–H groups in total. The minimum absolute atomic E-state index is 0.699. The highest BCUT2D eigenvalue weighted by molar-refractivity contribution is 5.59. The fraction of sp³-hybridized carbons (Fsp3) is 0.500. The third kappa shape index (κ3) is 1.75. The van der Waals surface area contributed by atoms with E-state index in [1.807, 2.05) is 0 Å². The lowest BCUT2D eigenvalue weighted by Gasteiger charge is -2.25. The van der Waals surface area contributed by atoms with E-state index in [2.05, 4.69) is 30.4 Å². The SMILES string of the molecule is COCc1cccc2c1NCC(C)C2. The second-order valence-corrected chi connectivity index (χ2v) is 4.07. The van der Waals surface area contributed by atoms with Crippen molar-refractivity contribution in [1.29, 1.82) is 0 Å². The van der Waals surface area contributed by atoms with E-state index >= 15 is 0 Å². The van der Waals surface area contributed by atoms with Gasteiger partial charge in [0.1, 0.15) is 0 Å². The summed E-state index contributed by atoms with van der Waals surface area (Å²) in [4.78, 5) is 0. The fourth-order valence-corrected chi connectivity index (χ4v) is 2.05. The van der Waals surface area contributed by atoms with Crippen LogP contribution in [0.3, 0.4) is 0 Å². The number of rotatable bonds is 2. The normalized spacial score (nSPS) is 20.0. The van der Waals surface area contributed by atoms with Crippen LogP contribution >= 0.6 is 0 Å². The first-order chi connectivity index (χ1) is 6.81. The molecule has 2 rings (SSSR count). The third-order valence-corrected chi connectivity index (χ3v) is 2.73. The fourth-order valence-electron chi connectivity index (χ4n) is 2.05. The first-order valence-electron chi connectivity index (χ1n) is 5.15. The molecule has 0 saturated carbocycles. The van der Waals surface area contributed by atoms with Gasteiger partial charge < -0.3 is 10.1 Å². The van der Waals surface area contributed by atoms with E-state index < -0.39 is 0 Å². The highest BCUT2D eigenvalue weighted by Gasteiger charge is 2.16. The largest absolute Gasteiger partial charge is 0.384 e. The average molecular weight is 191 g/mol. The lowest BCUT2D eigenvalue weighted by Crippen LogP contribution is -2.21. The molecule has 0 radical (unpaired) electrons. The molecule has 2 nitrogen and oxygen atoms in total. The Hall–Kier alpha value is -1.02. The molecule has 14 heavy (non-hydrogen) atoms. The Kier molecular flexibility index (Phi) is 2.73. The standard InChI is InChI=1S/C12H17NO/c1-9-6-10-4-3-5-11(8-14-2)12(10)13-7-9/h3-5,9,13H,6-8H2,1-2H3. The van der Waals surface area contributed by atoms with Gasteiger partial charge in [0.2, 0.25) is 0 Å². The Labute approximate surface area is 85.3 Å². The van der Waals surface area contributed by atoms with Crippen molar-refractivity contribution in [3.63, 3.8) is 0 Å². The van der Waals surface area contributed by atoms with E-state index in [9.17, 15) is 0 Å². The molecule has 0 amide bonds. The van der Waals surface area contributed by atoms with Crippen molar-refractivity contribution >= 4 is 5.69 Å². The van der Waals surface area contributed by atoms with Crippen molar-refractivity contribution in [3.05, 3.63) is 29.3 Å². The molecule has 1 atom stereocenters. The van der Waals surface area contributed by atoms with Crippen molar-refractivity contribution in [2.45, 2.75) is 20.0 Å². The minimum atomic E-state index is 0.699. The maximum atomic E-state index is 5.18. The first-order valence-corrected chi connectivity index (χ1v) is 5.15. The molecule has 2 heteroatoms. The van der Waals surface area contributed by atoms with Crippen LogP contribution in [0.15, 0.2) is 18.2 Å². The number of hydrogen-bond donors (Lipinski definition) is 1. The molecular formula is C12H17NO. The van der Waals surface area contributed by atoms with Gasteiger partial charge in [-0.25, -0.2) is 0 Å². The second kappa shape index (κ2) is 4.01. The van der Waals surface area contributed by atoms with Crippen LogP contribution in [0.5, 0.6) is 0 Å². The van der Waals surface area contributed by atoms with Gasteiger partial charge in [-0.2, -0.15) is 0 Å². The predicted molar refractivity (Wildman–Crippen MR) is 58.5 cm³/mol. The molecule has 0 saturated heterocycles. The molecule has 0 bridgehead atoms. The van der Waals surface area contributed by atoms with Gasteiger partial charge in [0.25, 0.3) is 0 Å². The molecule has 1 aromatic carbocycles. The van der Waals surface area contributed by atoms with Gasteiger partial charge in [-0.3, -0.25) is 0 Å². The van der Waals surface area contributed by atoms with E-state index in [0.717, 1.165) is 12.5 Å². The number of para-hydroxylation sites is 1. The second-order valence-electron chi connectivity index (χ2n) is 4.07. The van der Waals surface area contributed by atoms with Crippen LogP contribution in [-0.4, -0.2) is 13.7 Å². The zero-order chi connectivity index (χ0) is 9.97. The number of hydrogen-bond acceptors (Lipinski definition) is 2. The van der Waals surface area contributed by atoms with Crippen LogP contribution in [0.25, 0.3) is 0 Å². The van der Waals surface area contributed by atoms with Crippen molar-refractivity contribution in [2.24, 2.45) is 5.92 Å². The maximum absolute atomic E-state index is 5.18. The van der Waals surface area contributed by atoms with E-state index in [1.54, 1.807) is 7.11 Å². The number of fused-ring (bicyclic) bond motifs is 1. The molecule has 0 fully saturated rings. The smallest absolute Gasteiger partial charge is 0.0733 e. The van der Waals surface area contributed by atoms with Crippen LogP contribution in [-0.2, 0) is 17.8 Å². The number of nitrogens with one attached hydrogen (secondary N) is 1. The predicted octanol–water partition coefficient (Wildman–Crippen LogP) is 2.44. The topological polar surface area (TPSA) is 21.3 Å². The summed E-state index contributed by atoms with van der Waals surface area (Å²) < 4.78 is 5.18. The van der Waals surface area contributed by atoms with Crippen LogP contribution in [0, 0.1) is 5.92 Å². The minimum Gasteiger partial charge on any atom is -0.384 e. The molecule has 0 aliphatic carbocycles. The summed E-state index contributed by atoms with van der Waals surface area (Å²) in [6.07, 6.45) is 1.18. The van der Waals surface area contributed by atoms with Crippen LogP contribution in [0.1, 0.15) is 18.1 Å². The zero-order valence-corrected chi connectivity index (χ0v) is 8.84. The molecule has 1 unspecified atom stereocenters. The summed E-state index contributed by atoms with van der Waals surface area (Å²) in [5, 5.41) is 3.49. The Balaban J connectivity index is 2.31. The monoisotopic (exact) mass is 191 g/mol. The Morgan fingerprint density at radius 3 is 3.14 bits per heavy atom. The van der Waals surface area contributed by atoms with Gasteiger partial charge in [0.15, 0.2) is 0 Å². The number of anilines is 1. The Morgan fingerprint density at radius 1 is 1.50 bits per heavy atom. The number of ether oxygens (including phenoxy) is 1. The molecule has 1 aliphatic rings. The zero-order valence-electron chi connectivity index (χ0n) is 8.84. The number of methoxy groups -OCH3 is 1. The summed E-state index contributed by atoms with van der Waals surface area (Å²) in [6.45, 7) is 4.05. The molecule has 76 valence electrons. The van der Waals surface area contributed by atoms with E-state index in [-0.39, 0.29) is 0 Å². The molecule has 1 aromatic rings. The quantitative estimate of drug-likeness (QED) is 0.775. The number of benzene rings is 1. The molecule has 0 aromatic heterocycles. The molecule has 1 heterocycles. The van der Waals surface area contributed by atoms with E-state index in [4.69, 9.17) is 4.74 Å². The van der Waals surface area contributed by atoms with Crippen molar-refractivity contribution < 1.29 is 4.74 Å². The Bertz CT molecular complexity index is 308. The first kappa shape index (κ1) is 9.53. The van der Waals surface area contributed by atoms with Gasteiger partial charge in [-0.1, -0.05) is 25.1 Å². The van der Waals surface area contributed by atoms with Gasteiger partial charge in [0, 0.05) is 24.9 Å². The molecule has 1 aliphatic heterocycles. The van der Waals surface area contributed by atoms with E-state index in [0.29, 0.717) is 6.61 Å². The van der Waals surface area contributed by atoms with Gasteiger partial charge in [-0.15, -0.1) is 0 Å². The molecular weight excluding hydrogens is 174 g/mol. The van der Waals surface area contributed by atoms with Crippen molar-refractivity contribution in [1.82, 2.24) is 0 Å². The highest BCUT2D eigenvalue weighted by atomic mass is 16.5. The third-order valence-electron chi connectivity index (χ3n) is 2.73. The van der Waals surface area contributed by atoms with Gasteiger partial charge in [0.05, 0.1) is 6.61 Å². The highest BCUT2D eigenvalue weighted by Crippen LogP contribution is 2.28. The lowest BCUT2D eigenvalue weighted by molar-refractivity contribution is 0.185. The van der Waals surface area contributed by atoms with E-state index in [1.165, 1.54) is 23.2 Å². The van der Waals surface area contributed by atoms with Crippen molar-refractivity contribution in [2.75, 3.05) is 19.0 Å². The van der Waals surface area contributed by atoms with Crippen LogP contribution < -0.4 is 5.32 Å². The summed E-state index contributed by atoms with van der Waals surface area (Å²) >= 11 is 0. The summed E-state index contributed by atoms with van der Waals surface area (Å²) in [5.41, 5.74) is 4.00. The van der Waals surface area contributed by atoms with Gasteiger partial charge in [-0.05, 0) is 17.9 Å². The lowest BCUT2D eigenvalue weighted by atomic mass is 9.93. The summed E-state index contributed by atoms with van der Waals surface area (Å²) in [7, 11) is 1.74. The van der Waals surface area contributed by atoms with Crippen LogP contribution in [0.4, 0.5) is 5.69 Å². The van der Waals surface area contributed by atoms with Crippen molar-refractivity contribution in [3.8, 4) is 0 Å².